The van der Waals surface area contributed by atoms with Crippen LogP contribution < -0.4 is 10.7 Å². The van der Waals surface area contributed by atoms with E-state index >= 15 is 0 Å². The van der Waals surface area contributed by atoms with Crippen LogP contribution in [0.3, 0.4) is 0 Å². The fourth-order valence-electron chi connectivity index (χ4n) is 3.48. The van der Waals surface area contributed by atoms with Crippen molar-refractivity contribution in [1.29, 1.82) is 0 Å². The van der Waals surface area contributed by atoms with Crippen LogP contribution in [0.5, 0.6) is 0 Å². The van der Waals surface area contributed by atoms with E-state index < -0.39 is 18.0 Å². The summed E-state index contributed by atoms with van der Waals surface area (Å²) >= 11 is 3.43. The average molecular weight is 426 g/mol. The van der Waals surface area contributed by atoms with Gasteiger partial charge in [0.05, 0.1) is 11.6 Å². The van der Waals surface area contributed by atoms with Crippen molar-refractivity contribution in [1.82, 2.24) is 0 Å². The minimum Gasteiger partial charge on any atom is -0.550 e. The van der Waals surface area contributed by atoms with Gasteiger partial charge in [-0.05, 0) is 48.7 Å². The van der Waals surface area contributed by atoms with Gasteiger partial charge < -0.3 is 18.7 Å². The van der Waals surface area contributed by atoms with Gasteiger partial charge in [-0.3, -0.25) is 0 Å². The van der Waals surface area contributed by atoms with Gasteiger partial charge in [0.2, 0.25) is 0 Å². The largest absolute Gasteiger partial charge is 0.550 e. The highest BCUT2D eigenvalue weighted by atomic mass is 79.9. The van der Waals surface area contributed by atoms with Crippen LogP contribution in [0.2, 0.25) is 0 Å². The molecule has 0 atom stereocenters. The Bertz CT molecular complexity index is 1260. The molecule has 2 heterocycles. The Morgan fingerprint density at radius 2 is 1.85 bits per heavy atom. The Labute approximate surface area is 162 Å². The Kier molecular flexibility index (Phi) is 4.15. The van der Waals surface area contributed by atoms with E-state index in [-0.39, 0.29) is 5.56 Å². The van der Waals surface area contributed by atoms with E-state index in [4.69, 9.17) is 8.83 Å². The first-order valence-electron chi connectivity index (χ1n) is 8.29. The molecule has 6 heteroatoms. The van der Waals surface area contributed by atoms with Crippen LogP contribution in [0, 0.1) is 13.8 Å². The average Bonchev–Trinajstić information content (AvgIpc) is 3.04. The Morgan fingerprint density at radius 3 is 2.52 bits per heavy atom. The number of hydrogen-bond acceptors (Lipinski definition) is 5. The molecule has 0 N–H and O–H groups in total. The summed E-state index contributed by atoms with van der Waals surface area (Å²) in [4.78, 5) is 23.2. The molecule has 0 bridgehead atoms. The number of fused-ring (bicyclic) bond motifs is 3. The van der Waals surface area contributed by atoms with Crippen molar-refractivity contribution < 1.29 is 18.7 Å². The van der Waals surface area contributed by atoms with Gasteiger partial charge in [-0.25, -0.2) is 4.79 Å². The highest BCUT2D eigenvalue weighted by Crippen LogP contribution is 2.39. The van der Waals surface area contributed by atoms with Crippen molar-refractivity contribution in [2.75, 3.05) is 0 Å². The number of aryl methyl sites for hydroxylation is 2. The second-order valence-electron chi connectivity index (χ2n) is 6.47. The highest BCUT2D eigenvalue weighted by Gasteiger charge is 2.20. The van der Waals surface area contributed by atoms with Gasteiger partial charge in [-0.15, -0.1) is 0 Å². The molecule has 0 aliphatic heterocycles. The van der Waals surface area contributed by atoms with Crippen molar-refractivity contribution in [2.24, 2.45) is 0 Å². The summed E-state index contributed by atoms with van der Waals surface area (Å²) in [5, 5.41) is 12.5. The molecular weight excluding hydrogens is 412 g/mol. The van der Waals surface area contributed by atoms with Crippen LogP contribution in [0.15, 0.2) is 54.7 Å². The third kappa shape index (κ3) is 2.86. The molecule has 0 fully saturated rings. The van der Waals surface area contributed by atoms with Crippen LogP contribution in [0.25, 0.3) is 33.1 Å². The van der Waals surface area contributed by atoms with E-state index in [0.29, 0.717) is 22.1 Å². The maximum atomic E-state index is 12.2. The smallest absolute Gasteiger partial charge is 0.340 e. The van der Waals surface area contributed by atoms with Gasteiger partial charge in [0.25, 0.3) is 0 Å². The lowest BCUT2D eigenvalue weighted by Gasteiger charge is -2.10. The molecule has 0 saturated heterocycles. The van der Waals surface area contributed by atoms with Crippen molar-refractivity contribution in [3.63, 3.8) is 0 Å². The van der Waals surface area contributed by atoms with Crippen LogP contribution in [0.1, 0.15) is 16.7 Å². The molecule has 27 heavy (non-hydrogen) atoms. The van der Waals surface area contributed by atoms with E-state index in [1.165, 1.54) is 0 Å². The topological polar surface area (TPSA) is 83.5 Å². The molecule has 0 saturated carbocycles. The summed E-state index contributed by atoms with van der Waals surface area (Å²) in [6.45, 7) is 3.62. The van der Waals surface area contributed by atoms with Gasteiger partial charge in [-0.2, -0.15) is 0 Å². The molecule has 2 aromatic heterocycles. The SMILES string of the molecule is Cc1cc2oc(=O)c(CC(=O)[O-])c(C)c2c2occ(-c3ccc(Br)cc3)c12. The Hall–Kier alpha value is -2.86. The lowest BCUT2D eigenvalue weighted by molar-refractivity contribution is -0.304. The zero-order valence-corrected chi connectivity index (χ0v) is 16.2. The number of halogens is 1. The predicted octanol–water partition coefficient (Wildman–Crippen LogP) is 3.88. The maximum Gasteiger partial charge on any atom is 0.340 e. The number of benzene rings is 2. The molecule has 4 rings (SSSR count). The molecule has 0 unspecified atom stereocenters. The fourth-order valence-corrected chi connectivity index (χ4v) is 3.74. The second kappa shape index (κ2) is 6.39. The normalized spacial score (nSPS) is 11.4. The number of carbonyl (C=O) groups excluding carboxylic acids is 1. The zero-order valence-electron chi connectivity index (χ0n) is 14.6. The van der Waals surface area contributed by atoms with Crippen LogP contribution in [-0.4, -0.2) is 5.97 Å². The number of aliphatic carboxylic acids is 1. The summed E-state index contributed by atoms with van der Waals surface area (Å²) < 4.78 is 12.2. The molecule has 4 aromatic rings. The molecule has 0 aliphatic carbocycles. The van der Waals surface area contributed by atoms with E-state index in [0.717, 1.165) is 26.5 Å². The zero-order chi connectivity index (χ0) is 19.3. The molecule has 0 aliphatic rings. The van der Waals surface area contributed by atoms with E-state index in [1.54, 1.807) is 19.3 Å². The van der Waals surface area contributed by atoms with Crippen molar-refractivity contribution in [3.8, 4) is 11.1 Å². The van der Waals surface area contributed by atoms with Gasteiger partial charge in [0.1, 0.15) is 11.2 Å². The number of carbonyl (C=O) groups is 1. The molecule has 0 amide bonds. The number of carboxylic acid groups (broad SMARTS) is 1. The summed E-state index contributed by atoms with van der Waals surface area (Å²) in [5.74, 6) is -1.33. The first-order chi connectivity index (χ1) is 12.9. The van der Waals surface area contributed by atoms with E-state index in [9.17, 15) is 14.7 Å². The van der Waals surface area contributed by atoms with Gasteiger partial charge in [0, 0.05) is 33.4 Å². The first-order valence-corrected chi connectivity index (χ1v) is 9.09. The Morgan fingerprint density at radius 1 is 1.15 bits per heavy atom. The molecule has 2 aromatic carbocycles. The standard InChI is InChI=1S/C21H15BrO5/c1-10-7-16-19(11(2)14(8-17(23)24)21(25)27-16)20-18(10)15(9-26-20)12-3-5-13(22)6-4-12/h3-7,9H,8H2,1-2H3,(H,23,24)/p-1. The lowest BCUT2D eigenvalue weighted by Crippen LogP contribution is -2.27. The van der Waals surface area contributed by atoms with Crippen molar-refractivity contribution in [3.05, 3.63) is 68.2 Å². The van der Waals surface area contributed by atoms with Gasteiger partial charge >= 0.3 is 5.63 Å². The number of carboxylic acids is 1. The minimum atomic E-state index is -1.33. The van der Waals surface area contributed by atoms with Crippen LogP contribution in [-0.2, 0) is 11.2 Å². The Balaban J connectivity index is 2.08. The number of furan rings is 1. The quantitative estimate of drug-likeness (QED) is 0.465. The number of rotatable bonds is 3. The number of hydrogen-bond donors (Lipinski definition) is 0. The predicted molar refractivity (Wildman–Crippen MR) is 104 cm³/mol. The van der Waals surface area contributed by atoms with E-state index in [2.05, 4.69) is 15.9 Å². The van der Waals surface area contributed by atoms with Crippen molar-refractivity contribution in [2.45, 2.75) is 20.3 Å². The third-order valence-corrected chi connectivity index (χ3v) is 5.29. The summed E-state index contributed by atoms with van der Waals surface area (Å²) in [6.07, 6.45) is 1.17. The van der Waals surface area contributed by atoms with Gasteiger partial charge in [0.15, 0.2) is 0 Å². The van der Waals surface area contributed by atoms with Crippen molar-refractivity contribution >= 4 is 43.8 Å². The van der Waals surface area contributed by atoms with Gasteiger partial charge in [-0.1, -0.05) is 28.1 Å². The molecule has 136 valence electrons. The summed E-state index contributed by atoms with van der Waals surface area (Å²) in [5.41, 5.74) is 3.71. The minimum absolute atomic E-state index is 0.0780. The molecule has 0 radical (unpaired) electrons. The second-order valence-corrected chi connectivity index (χ2v) is 7.38. The highest BCUT2D eigenvalue weighted by molar-refractivity contribution is 9.10. The summed E-state index contributed by atoms with van der Waals surface area (Å²) in [6, 6.07) is 9.65. The molecule has 5 nitrogen and oxygen atoms in total. The molecular formula is C21H14BrO5-. The fraction of sp³-hybridized carbons (Fsp3) is 0.143. The van der Waals surface area contributed by atoms with Crippen LogP contribution in [0.4, 0.5) is 0 Å². The first kappa shape index (κ1) is 17.5. The lowest BCUT2D eigenvalue weighted by atomic mass is 9.96. The summed E-state index contributed by atoms with van der Waals surface area (Å²) in [7, 11) is 0. The van der Waals surface area contributed by atoms with E-state index in [1.807, 2.05) is 31.2 Å². The van der Waals surface area contributed by atoms with Crippen LogP contribution >= 0.6 is 15.9 Å². The molecule has 0 spiro atoms. The third-order valence-electron chi connectivity index (χ3n) is 4.76. The maximum absolute atomic E-state index is 12.2. The monoisotopic (exact) mass is 425 g/mol.